The average Bonchev–Trinajstić information content (AvgIpc) is 2.14. The molecule has 0 saturated heterocycles. The van der Waals surface area contributed by atoms with Crippen molar-refractivity contribution in [2.75, 3.05) is 5.73 Å². The van der Waals surface area contributed by atoms with E-state index >= 15 is 0 Å². The lowest BCUT2D eigenvalue weighted by Crippen LogP contribution is -2.31. The molecule has 0 aliphatic heterocycles. The molecule has 0 saturated carbocycles. The summed E-state index contributed by atoms with van der Waals surface area (Å²) in [4.78, 5) is 24.2. The van der Waals surface area contributed by atoms with Crippen LogP contribution >= 0.6 is 11.6 Å². The predicted octanol–water partition coefficient (Wildman–Crippen LogP) is 0.261. The molecule has 1 aromatic heterocycles. The van der Waals surface area contributed by atoms with E-state index in [4.69, 9.17) is 17.3 Å². The van der Waals surface area contributed by atoms with Gasteiger partial charge in [0.1, 0.15) is 5.69 Å². The number of nitrogens with one attached hydrogen (secondary N) is 1. The summed E-state index contributed by atoms with van der Waals surface area (Å²) in [5, 5.41) is 0. The zero-order valence-corrected chi connectivity index (χ0v) is 8.34. The van der Waals surface area contributed by atoms with Crippen molar-refractivity contribution in [2.45, 2.75) is 13.5 Å². The van der Waals surface area contributed by atoms with E-state index in [9.17, 15) is 9.59 Å². The Hall–Kier alpha value is -1.49. The van der Waals surface area contributed by atoms with E-state index in [0.717, 1.165) is 5.57 Å². The quantitative estimate of drug-likeness (QED) is 0.743. The fraction of sp³-hybridized carbons (Fsp3) is 0.250. The Morgan fingerprint density at radius 2 is 2.36 bits per heavy atom. The number of aromatic nitrogens is 2. The maximum atomic E-state index is 11.2. The Bertz CT molecular complexity index is 472. The summed E-state index contributed by atoms with van der Waals surface area (Å²) in [6, 6.07) is 0. The summed E-state index contributed by atoms with van der Waals surface area (Å²) in [6.07, 6.45) is 1.30. The van der Waals surface area contributed by atoms with Gasteiger partial charge in [-0.2, -0.15) is 0 Å². The molecule has 0 aliphatic rings. The number of nitrogens with two attached hydrogens (primary N) is 1. The molecule has 6 heteroatoms. The first kappa shape index (κ1) is 10.6. The van der Waals surface area contributed by atoms with Crippen LogP contribution in [0.5, 0.6) is 0 Å². The Morgan fingerprint density at radius 1 is 1.71 bits per heavy atom. The van der Waals surface area contributed by atoms with Gasteiger partial charge >= 0.3 is 5.69 Å². The molecule has 0 aromatic carbocycles. The normalized spacial score (nSPS) is 11.7. The number of nitrogen functional groups attached to an aromatic ring is 1. The van der Waals surface area contributed by atoms with Crippen LogP contribution in [0.15, 0.2) is 26.9 Å². The van der Waals surface area contributed by atoms with E-state index in [1.54, 1.807) is 6.92 Å². The number of nitrogens with zero attached hydrogens (tertiary/aromatic N) is 1. The minimum Gasteiger partial charge on any atom is -0.393 e. The lowest BCUT2D eigenvalue weighted by molar-refractivity contribution is 0.714. The van der Waals surface area contributed by atoms with E-state index < -0.39 is 11.2 Å². The number of halogens is 1. The molecule has 5 nitrogen and oxygen atoms in total. The molecule has 0 atom stereocenters. The van der Waals surface area contributed by atoms with Gasteiger partial charge in [0.2, 0.25) is 0 Å². The monoisotopic (exact) mass is 215 g/mol. The van der Waals surface area contributed by atoms with E-state index in [0.29, 0.717) is 6.54 Å². The molecule has 1 heterocycles. The summed E-state index contributed by atoms with van der Waals surface area (Å²) >= 11 is 5.44. The van der Waals surface area contributed by atoms with Crippen LogP contribution in [0.2, 0.25) is 0 Å². The van der Waals surface area contributed by atoms with Gasteiger partial charge in [-0.3, -0.25) is 14.3 Å². The maximum Gasteiger partial charge on any atom is 0.328 e. The van der Waals surface area contributed by atoms with Crippen LogP contribution in [0.4, 0.5) is 5.69 Å². The molecular formula is C8H10ClN3O2. The van der Waals surface area contributed by atoms with Gasteiger partial charge in [0, 0.05) is 18.3 Å². The van der Waals surface area contributed by atoms with E-state index in [-0.39, 0.29) is 5.69 Å². The second kappa shape index (κ2) is 4.15. The highest BCUT2D eigenvalue weighted by Crippen LogP contribution is 1.98. The summed E-state index contributed by atoms with van der Waals surface area (Å²) in [7, 11) is 0. The zero-order chi connectivity index (χ0) is 10.7. The van der Waals surface area contributed by atoms with Crippen LogP contribution in [0.1, 0.15) is 6.92 Å². The van der Waals surface area contributed by atoms with E-state index in [1.807, 2.05) is 0 Å². The second-order valence-electron chi connectivity index (χ2n) is 2.93. The van der Waals surface area contributed by atoms with Gasteiger partial charge in [-0.1, -0.05) is 11.6 Å². The van der Waals surface area contributed by atoms with Crippen molar-refractivity contribution >= 4 is 17.3 Å². The first-order chi connectivity index (χ1) is 6.54. The molecule has 1 rings (SSSR count). The minimum atomic E-state index is -0.571. The zero-order valence-electron chi connectivity index (χ0n) is 7.58. The SMILES string of the molecule is C/C(=C\Cl)Cn1cc(N)c(=O)[nH]c1=O. The molecule has 76 valence electrons. The van der Waals surface area contributed by atoms with Gasteiger partial charge in [0.05, 0.1) is 0 Å². The van der Waals surface area contributed by atoms with Crippen molar-refractivity contribution in [3.05, 3.63) is 38.1 Å². The smallest absolute Gasteiger partial charge is 0.328 e. The lowest BCUT2D eigenvalue weighted by atomic mass is 10.3. The molecule has 0 spiro atoms. The number of hydrogen-bond donors (Lipinski definition) is 2. The number of H-pyrrole nitrogens is 1. The van der Waals surface area contributed by atoms with Crippen LogP contribution in [0.3, 0.4) is 0 Å². The Morgan fingerprint density at radius 3 is 2.93 bits per heavy atom. The first-order valence-corrected chi connectivity index (χ1v) is 4.33. The first-order valence-electron chi connectivity index (χ1n) is 3.89. The fourth-order valence-corrected chi connectivity index (χ4v) is 1.02. The highest BCUT2D eigenvalue weighted by atomic mass is 35.5. The predicted molar refractivity (Wildman–Crippen MR) is 55.3 cm³/mol. The molecule has 0 bridgehead atoms. The number of aromatic amines is 1. The molecule has 0 amide bonds. The average molecular weight is 216 g/mol. The molecule has 0 aliphatic carbocycles. The molecule has 14 heavy (non-hydrogen) atoms. The lowest BCUT2D eigenvalue weighted by Gasteiger charge is -2.04. The maximum absolute atomic E-state index is 11.2. The van der Waals surface area contributed by atoms with Crippen molar-refractivity contribution < 1.29 is 0 Å². The van der Waals surface area contributed by atoms with Crippen LogP contribution in [-0.2, 0) is 6.54 Å². The van der Waals surface area contributed by atoms with Crippen LogP contribution in [0, 0.1) is 0 Å². The van der Waals surface area contributed by atoms with Crippen molar-refractivity contribution in [2.24, 2.45) is 0 Å². The molecule has 3 N–H and O–H groups in total. The van der Waals surface area contributed by atoms with Gasteiger partial charge in [-0.15, -0.1) is 0 Å². The van der Waals surface area contributed by atoms with Crippen LogP contribution < -0.4 is 17.0 Å². The summed E-state index contributed by atoms with van der Waals surface area (Å²) in [5.41, 5.74) is 6.45. The third-order valence-corrected chi connectivity index (χ3v) is 2.02. The summed E-state index contributed by atoms with van der Waals surface area (Å²) in [5.74, 6) is 0. The minimum absolute atomic E-state index is 0.00646. The van der Waals surface area contributed by atoms with E-state index in [2.05, 4.69) is 4.98 Å². The molecule has 0 fully saturated rings. The molecular weight excluding hydrogens is 206 g/mol. The topological polar surface area (TPSA) is 80.9 Å². The number of hydrogen-bond acceptors (Lipinski definition) is 3. The van der Waals surface area contributed by atoms with Gasteiger partial charge in [0.15, 0.2) is 0 Å². The van der Waals surface area contributed by atoms with Gasteiger partial charge in [-0.05, 0) is 12.5 Å². The largest absolute Gasteiger partial charge is 0.393 e. The van der Waals surface area contributed by atoms with Crippen LogP contribution in [0.25, 0.3) is 0 Å². The third-order valence-electron chi connectivity index (χ3n) is 1.64. The highest BCUT2D eigenvalue weighted by molar-refractivity contribution is 6.25. The molecule has 1 aromatic rings. The molecule has 0 unspecified atom stereocenters. The van der Waals surface area contributed by atoms with E-state index in [1.165, 1.54) is 16.3 Å². The summed E-state index contributed by atoms with van der Waals surface area (Å²) < 4.78 is 1.28. The third kappa shape index (κ3) is 2.26. The van der Waals surface area contributed by atoms with Crippen molar-refractivity contribution in [3.8, 4) is 0 Å². The Labute approximate surface area is 84.8 Å². The van der Waals surface area contributed by atoms with Crippen molar-refractivity contribution in [3.63, 3.8) is 0 Å². The fourth-order valence-electron chi connectivity index (χ4n) is 0.947. The van der Waals surface area contributed by atoms with Crippen molar-refractivity contribution in [1.82, 2.24) is 9.55 Å². The summed E-state index contributed by atoms with van der Waals surface area (Å²) in [6.45, 7) is 2.07. The standard InChI is InChI=1S/C8H10ClN3O2/c1-5(2-9)3-12-4-6(10)7(13)11-8(12)14/h2,4H,3,10H2,1H3,(H,11,13,14)/b5-2+. The van der Waals surface area contributed by atoms with Gasteiger partial charge < -0.3 is 5.73 Å². The number of allylic oxidation sites excluding steroid dienone is 1. The Kier molecular flexibility index (Phi) is 3.14. The van der Waals surface area contributed by atoms with Gasteiger partial charge in [0.25, 0.3) is 5.56 Å². The Balaban J connectivity index is 3.17. The molecule has 0 radical (unpaired) electrons. The second-order valence-corrected chi connectivity index (χ2v) is 3.15. The van der Waals surface area contributed by atoms with Crippen LogP contribution in [-0.4, -0.2) is 9.55 Å². The number of anilines is 1. The highest BCUT2D eigenvalue weighted by Gasteiger charge is 2.01. The van der Waals surface area contributed by atoms with Gasteiger partial charge in [-0.25, -0.2) is 4.79 Å². The number of rotatable bonds is 2. The van der Waals surface area contributed by atoms with Crippen molar-refractivity contribution in [1.29, 1.82) is 0 Å².